The molecule has 2 rings (SSSR count). The largest absolute Gasteiger partial charge is 0.466 e. The van der Waals surface area contributed by atoms with Crippen LogP contribution in [0.1, 0.15) is 22.8 Å². The van der Waals surface area contributed by atoms with Crippen molar-refractivity contribution in [2.75, 3.05) is 7.11 Å². The molecule has 0 saturated heterocycles. The second kappa shape index (κ2) is 8.83. The lowest BCUT2D eigenvalue weighted by atomic mass is 10.2. The van der Waals surface area contributed by atoms with Crippen LogP contribution in [0, 0.1) is 0 Å². The fraction of sp³-hybridized carbons (Fsp3) is 0.222. The summed E-state index contributed by atoms with van der Waals surface area (Å²) in [7, 11) is 1.16. The standard InChI is InChI=1S/C18H13BrClF3O5/c1-9(16(24)26-2)27-17(25)12-8-11(4-5-13(12)19)28-15-6-3-10(7-14(15)20)18(21,22)23/h3-9H,1-2H3. The Morgan fingerprint density at radius 1 is 1.14 bits per heavy atom. The molecule has 2 aromatic carbocycles. The highest BCUT2D eigenvalue weighted by atomic mass is 79.9. The summed E-state index contributed by atoms with van der Waals surface area (Å²) in [5.41, 5.74) is -0.877. The maximum atomic E-state index is 12.7. The van der Waals surface area contributed by atoms with Crippen LogP contribution < -0.4 is 4.74 Å². The van der Waals surface area contributed by atoms with Gasteiger partial charge in [-0.15, -0.1) is 0 Å². The molecule has 28 heavy (non-hydrogen) atoms. The number of hydrogen-bond donors (Lipinski definition) is 0. The molecule has 0 amide bonds. The van der Waals surface area contributed by atoms with E-state index in [4.69, 9.17) is 21.1 Å². The maximum absolute atomic E-state index is 12.7. The highest BCUT2D eigenvalue weighted by Gasteiger charge is 2.31. The van der Waals surface area contributed by atoms with Crippen molar-refractivity contribution in [3.8, 4) is 11.5 Å². The molecular formula is C18H13BrClF3O5. The number of esters is 2. The average molecular weight is 482 g/mol. The monoisotopic (exact) mass is 480 g/mol. The number of rotatable bonds is 5. The third-order valence-corrected chi connectivity index (χ3v) is 4.45. The molecule has 0 radical (unpaired) electrons. The number of benzene rings is 2. The van der Waals surface area contributed by atoms with Crippen LogP contribution in [0.2, 0.25) is 5.02 Å². The Morgan fingerprint density at radius 3 is 2.39 bits per heavy atom. The van der Waals surface area contributed by atoms with Crippen molar-refractivity contribution in [1.82, 2.24) is 0 Å². The summed E-state index contributed by atoms with van der Waals surface area (Å²) < 4.78 is 53.5. The molecule has 0 saturated carbocycles. The van der Waals surface area contributed by atoms with Crippen LogP contribution in [0.5, 0.6) is 11.5 Å². The van der Waals surface area contributed by atoms with Crippen LogP contribution in [-0.2, 0) is 20.4 Å². The molecule has 0 bridgehead atoms. The summed E-state index contributed by atoms with van der Waals surface area (Å²) in [5, 5.41) is -0.249. The van der Waals surface area contributed by atoms with Crippen molar-refractivity contribution in [3.63, 3.8) is 0 Å². The number of alkyl halides is 3. The first-order valence-corrected chi connectivity index (χ1v) is 8.83. The van der Waals surface area contributed by atoms with Gasteiger partial charge >= 0.3 is 18.1 Å². The zero-order chi connectivity index (χ0) is 21.1. The third kappa shape index (κ3) is 5.39. The van der Waals surface area contributed by atoms with Gasteiger partial charge in [-0.05, 0) is 59.3 Å². The first-order valence-electron chi connectivity index (χ1n) is 7.66. The van der Waals surface area contributed by atoms with Gasteiger partial charge in [-0.2, -0.15) is 13.2 Å². The summed E-state index contributed by atoms with van der Waals surface area (Å²) in [4.78, 5) is 23.6. The van der Waals surface area contributed by atoms with E-state index in [2.05, 4.69) is 20.7 Å². The van der Waals surface area contributed by atoms with E-state index in [1.807, 2.05) is 0 Å². The van der Waals surface area contributed by atoms with Crippen molar-refractivity contribution in [2.45, 2.75) is 19.2 Å². The molecule has 0 aliphatic carbocycles. The Labute approximate surface area is 171 Å². The molecule has 0 N–H and O–H groups in total. The highest BCUT2D eigenvalue weighted by molar-refractivity contribution is 9.10. The van der Waals surface area contributed by atoms with E-state index in [1.54, 1.807) is 0 Å². The lowest BCUT2D eigenvalue weighted by Gasteiger charge is -2.14. The van der Waals surface area contributed by atoms with E-state index in [-0.39, 0.29) is 22.1 Å². The van der Waals surface area contributed by atoms with Crippen molar-refractivity contribution in [1.29, 1.82) is 0 Å². The Hall–Kier alpha value is -2.26. The molecule has 0 fully saturated rings. The zero-order valence-corrected chi connectivity index (χ0v) is 16.8. The number of carbonyl (C=O) groups is 2. The van der Waals surface area contributed by atoms with Gasteiger partial charge in [-0.25, -0.2) is 9.59 Å². The lowest BCUT2D eigenvalue weighted by Crippen LogP contribution is -2.25. The number of ether oxygens (including phenoxy) is 3. The number of halogens is 5. The van der Waals surface area contributed by atoms with Crippen LogP contribution in [0.4, 0.5) is 13.2 Å². The molecule has 0 aromatic heterocycles. The molecule has 5 nitrogen and oxygen atoms in total. The van der Waals surface area contributed by atoms with E-state index in [9.17, 15) is 22.8 Å². The van der Waals surface area contributed by atoms with Crippen LogP contribution in [0.25, 0.3) is 0 Å². The van der Waals surface area contributed by atoms with Crippen LogP contribution >= 0.6 is 27.5 Å². The topological polar surface area (TPSA) is 61.8 Å². The predicted octanol–water partition coefficient (Wildman–Crippen LogP) is 5.63. The Morgan fingerprint density at radius 2 is 1.82 bits per heavy atom. The number of hydrogen-bond acceptors (Lipinski definition) is 5. The first kappa shape index (κ1) is 22.0. The summed E-state index contributed by atoms with van der Waals surface area (Å²) in [6.07, 6.45) is -5.66. The molecule has 150 valence electrons. The van der Waals surface area contributed by atoms with Gasteiger partial charge in [-0.1, -0.05) is 11.6 Å². The molecule has 10 heteroatoms. The maximum Gasteiger partial charge on any atom is 0.416 e. The van der Waals surface area contributed by atoms with Crippen molar-refractivity contribution < 1.29 is 37.0 Å². The van der Waals surface area contributed by atoms with Gasteiger partial charge in [0.15, 0.2) is 6.10 Å². The second-order valence-electron chi connectivity index (χ2n) is 5.46. The molecule has 1 unspecified atom stereocenters. The lowest BCUT2D eigenvalue weighted by molar-refractivity contribution is -0.149. The minimum atomic E-state index is -4.53. The van der Waals surface area contributed by atoms with Crippen molar-refractivity contribution >= 4 is 39.5 Å². The Balaban J connectivity index is 2.24. The summed E-state index contributed by atoms with van der Waals surface area (Å²) in [6.45, 7) is 1.35. The van der Waals surface area contributed by atoms with Crippen LogP contribution in [0.15, 0.2) is 40.9 Å². The zero-order valence-electron chi connectivity index (χ0n) is 14.5. The van der Waals surface area contributed by atoms with Crippen LogP contribution in [-0.4, -0.2) is 25.2 Å². The van der Waals surface area contributed by atoms with Gasteiger partial charge in [0.25, 0.3) is 0 Å². The quantitative estimate of drug-likeness (QED) is 0.518. The molecule has 0 spiro atoms. The fourth-order valence-corrected chi connectivity index (χ4v) is 2.68. The molecular weight excluding hydrogens is 469 g/mol. The van der Waals surface area contributed by atoms with Gasteiger partial charge in [0, 0.05) is 4.47 Å². The minimum absolute atomic E-state index is 0.0285. The SMILES string of the molecule is COC(=O)C(C)OC(=O)c1cc(Oc2ccc(C(F)(F)F)cc2Cl)ccc1Br. The Bertz CT molecular complexity index is 901. The van der Waals surface area contributed by atoms with Gasteiger partial charge in [0.2, 0.25) is 0 Å². The van der Waals surface area contributed by atoms with Crippen molar-refractivity contribution in [3.05, 3.63) is 57.0 Å². The molecule has 0 aliphatic rings. The van der Waals surface area contributed by atoms with E-state index in [0.717, 1.165) is 25.3 Å². The van der Waals surface area contributed by atoms with Gasteiger partial charge in [-0.3, -0.25) is 0 Å². The van der Waals surface area contributed by atoms with Crippen LogP contribution in [0.3, 0.4) is 0 Å². The summed E-state index contributed by atoms with van der Waals surface area (Å²) in [6, 6.07) is 6.89. The number of carbonyl (C=O) groups excluding carboxylic acids is 2. The average Bonchev–Trinajstić information content (AvgIpc) is 2.63. The third-order valence-electron chi connectivity index (χ3n) is 3.46. The molecule has 0 heterocycles. The van der Waals surface area contributed by atoms with E-state index in [1.165, 1.54) is 25.1 Å². The van der Waals surface area contributed by atoms with E-state index >= 15 is 0 Å². The molecule has 2 aromatic rings. The summed E-state index contributed by atoms with van der Waals surface area (Å²) >= 11 is 9.04. The predicted molar refractivity (Wildman–Crippen MR) is 97.6 cm³/mol. The minimum Gasteiger partial charge on any atom is -0.466 e. The van der Waals surface area contributed by atoms with Gasteiger partial charge in [0.1, 0.15) is 11.5 Å². The fourth-order valence-electron chi connectivity index (χ4n) is 2.05. The van der Waals surface area contributed by atoms with Crippen molar-refractivity contribution in [2.24, 2.45) is 0 Å². The normalized spacial score (nSPS) is 12.2. The smallest absolute Gasteiger partial charge is 0.416 e. The molecule has 1 atom stereocenters. The van der Waals surface area contributed by atoms with Gasteiger partial charge in [0.05, 0.1) is 23.3 Å². The first-order chi connectivity index (χ1) is 13.0. The van der Waals surface area contributed by atoms with E-state index in [0.29, 0.717) is 4.47 Å². The second-order valence-corrected chi connectivity index (χ2v) is 6.72. The Kier molecular flexibility index (Phi) is 6.95. The van der Waals surface area contributed by atoms with Gasteiger partial charge < -0.3 is 14.2 Å². The summed E-state index contributed by atoms with van der Waals surface area (Å²) in [5.74, 6) is -1.45. The highest BCUT2D eigenvalue weighted by Crippen LogP contribution is 2.37. The van der Waals surface area contributed by atoms with E-state index < -0.39 is 29.8 Å². The number of methoxy groups -OCH3 is 1. The molecule has 0 aliphatic heterocycles.